The third-order valence-electron chi connectivity index (χ3n) is 4.75. The van der Waals surface area contributed by atoms with Crippen molar-refractivity contribution in [3.05, 3.63) is 113 Å². The number of hydrogen-bond acceptors (Lipinski definition) is 5. The largest absolute Gasteiger partial charge is 0.382 e. The van der Waals surface area contributed by atoms with E-state index in [9.17, 15) is 4.79 Å². The Bertz CT molecular complexity index is 1070. The van der Waals surface area contributed by atoms with E-state index in [1.807, 2.05) is 83.8 Å². The molecule has 0 bridgehead atoms. The molecule has 0 aliphatic heterocycles. The highest BCUT2D eigenvalue weighted by molar-refractivity contribution is 8.00. The highest BCUT2D eigenvalue weighted by atomic mass is 32.2. The van der Waals surface area contributed by atoms with Crippen molar-refractivity contribution in [1.82, 2.24) is 9.88 Å². The van der Waals surface area contributed by atoms with Crippen molar-refractivity contribution in [3.8, 4) is 0 Å². The first kappa shape index (κ1) is 21.2. The summed E-state index contributed by atoms with van der Waals surface area (Å²) in [5.74, 6) is 1.00. The van der Waals surface area contributed by atoms with E-state index >= 15 is 0 Å². The minimum absolute atomic E-state index is 0.0886. The molecule has 1 amide bonds. The number of benzene rings is 3. The van der Waals surface area contributed by atoms with Crippen LogP contribution in [-0.2, 0) is 18.8 Å². The molecule has 0 atom stereocenters. The number of thiazole rings is 1. The third-order valence-corrected chi connectivity index (χ3v) is 7.03. The molecule has 0 radical (unpaired) electrons. The van der Waals surface area contributed by atoms with Gasteiger partial charge in [-0.25, -0.2) is 4.98 Å². The summed E-state index contributed by atoms with van der Waals surface area (Å²) in [6.45, 7) is 1.02. The van der Waals surface area contributed by atoms with Gasteiger partial charge in [0.1, 0.15) is 10.7 Å². The van der Waals surface area contributed by atoms with Crippen LogP contribution in [0.3, 0.4) is 0 Å². The molecule has 6 heteroatoms. The first-order chi connectivity index (χ1) is 15.2. The highest BCUT2D eigenvalue weighted by Crippen LogP contribution is 2.32. The van der Waals surface area contributed by atoms with E-state index in [4.69, 9.17) is 5.73 Å². The predicted molar refractivity (Wildman–Crippen MR) is 129 cm³/mol. The maximum atomic E-state index is 13.5. The third kappa shape index (κ3) is 5.75. The SMILES string of the molecule is Nc1nc(SCc2ccccc2)sc1C(=O)N(Cc1ccccc1)Cc1ccccc1. The molecule has 1 heterocycles. The molecule has 0 fully saturated rings. The second-order valence-electron chi connectivity index (χ2n) is 7.10. The van der Waals surface area contributed by atoms with E-state index in [0.717, 1.165) is 21.2 Å². The van der Waals surface area contributed by atoms with Crippen LogP contribution in [0.15, 0.2) is 95.3 Å². The van der Waals surface area contributed by atoms with Gasteiger partial charge in [0.2, 0.25) is 0 Å². The van der Waals surface area contributed by atoms with Gasteiger partial charge >= 0.3 is 0 Å². The summed E-state index contributed by atoms with van der Waals surface area (Å²) in [7, 11) is 0. The maximum absolute atomic E-state index is 13.5. The molecule has 4 nitrogen and oxygen atoms in total. The molecular weight excluding hydrogens is 422 g/mol. The number of thioether (sulfide) groups is 1. The summed E-state index contributed by atoms with van der Waals surface area (Å²) in [5.41, 5.74) is 9.54. The molecule has 2 N–H and O–H groups in total. The zero-order valence-corrected chi connectivity index (χ0v) is 18.6. The smallest absolute Gasteiger partial charge is 0.268 e. The van der Waals surface area contributed by atoms with Gasteiger partial charge in [-0.1, -0.05) is 103 Å². The Morgan fingerprint density at radius 2 is 1.29 bits per heavy atom. The average molecular weight is 446 g/mol. The first-order valence-electron chi connectivity index (χ1n) is 9.99. The second kappa shape index (κ2) is 10.3. The number of nitrogens with zero attached hydrogens (tertiary/aromatic N) is 2. The molecule has 0 unspecified atom stereocenters. The number of rotatable bonds is 8. The summed E-state index contributed by atoms with van der Waals surface area (Å²) < 4.78 is 0.809. The summed E-state index contributed by atoms with van der Waals surface area (Å²) in [4.78, 5) is 20.3. The van der Waals surface area contributed by atoms with Crippen LogP contribution in [0.1, 0.15) is 26.4 Å². The quantitative estimate of drug-likeness (QED) is 0.345. The number of anilines is 1. The molecule has 0 spiro atoms. The van der Waals surface area contributed by atoms with Crippen molar-refractivity contribution < 1.29 is 4.79 Å². The van der Waals surface area contributed by atoms with Gasteiger partial charge in [-0.05, 0) is 16.7 Å². The van der Waals surface area contributed by atoms with Crippen molar-refractivity contribution in [2.45, 2.75) is 23.2 Å². The highest BCUT2D eigenvalue weighted by Gasteiger charge is 2.23. The van der Waals surface area contributed by atoms with Crippen LogP contribution in [0, 0.1) is 0 Å². The van der Waals surface area contributed by atoms with Crippen LogP contribution in [0.4, 0.5) is 5.82 Å². The molecule has 3 aromatic carbocycles. The number of nitrogen functional groups attached to an aromatic ring is 1. The Kier molecular flexibility index (Phi) is 7.02. The lowest BCUT2D eigenvalue weighted by Crippen LogP contribution is -2.30. The molecule has 0 aliphatic rings. The fourth-order valence-corrected chi connectivity index (χ4v) is 5.19. The minimum atomic E-state index is -0.0886. The molecule has 0 saturated carbocycles. The molecule has 156 valence electrons. The van der Waals surface area contributed by atoms with Crippen LogP contribution >= 0.6 is 23.1 Å². The number of aromatic nitrogens is 1. The summed E-state index contributed by atoms with van der Waals surface area (Å²) in [6, 6.07) is 30.2. The van der Waals surface area contributed by atoms with Crippen LogP contribution in [0.25, 0.3) is 0 Å². The van der Waals surface area contributed by atoms with Crippen molar-refractivity contribution >= 4 is 34.8 Å². The van der Waals surface area contributed by atoms with Crippen LogP contribution in [-0.4, -0.2) is 15.8 Å². The fraction of sp³-hybridized carbons (Fsp3) is 0.120. The van der Waals surface area contributed by atoms with Gasteiger partial charge in [0, 0.05) is 18.8 Å². The van der Waals surface area contributed by atoms with E-state index in [-0.39, 0.29) is 5.91 Å². The maximum Gasteiger partial charge on any atom is 0.268 e. The van der Waals surface area contributed by atoms with E-state index in [0.29, 0.717) is 23.8 Å². The zero-order chi connectivity index (χ0) is 21.5. The van der Waals surface area contributed by atoms with Crippen molar-refractivity contribution in [1.29, 1.82) is 0 Å². The van der Waals surface area contributed by atoms with Gasteiger partial charge in [0.25, 0.3) is 5.91 Å². The predicted octanol–water partition coefficient (Wildman–Crippen LogP) is 5.86. The Balaban J connectivity index is 1.53. The van der Waals surface area contributed by atoms with Crippen LogP contribution in [0.2, 0.25) is 0 Å². The number of carbonyl (C=O) groups is 1. The molecule has 31 heavy (non-hydrogen) atoms. The molecule has 1 aromatic heterocycles. The normalized spacial score (nSPS) is 10.7. The van der Waals surface area contributed by atoms with Gasteiger partial charge in [0.15, 0.2) is 4.34 Å². The topological polar surface area (TPSA) is 59.2 Å². The van der Waals surface area contributed by atoms with Crippen molar-refractivity contribution in [3.63, 3.8) is 0 Å². The first-order valence-corrected chi connectivity index (χ1v) is 11.8. The van der Waals surface area contributed by atoms with E-state index in [2.05, 4.69) is 17.1 Å². The Hall–Kier alpha value is -3.09. The summed E-state index contributed by atoms with van der Waals surface area (Å²) in [5, 5.41) is 0. The average Bonchev–Trinajstić information content (AvgIpc) is 3.19. The van der Waals surface area contributed by atoms with Gasteiger partial charge in [0.05, 0.1) is 0 Å². The lowest BCUT2D eigenvalue weighted by atomic mass is 10.1. The molecular formula is C25H23N3OS2. The van der Waals surface area contributed by atoms with Gasteiger partial charge in [-0.3, -0.25) is 4.79 Å². The van der Waals surface area contributed by atoms with Crippen molar-refractivity contribution in [2.24, 2.45) is 0 Å². The Morgan fingerprint density at radius 3 is 1.81 bits per heavy atom. The van der Waals surface area contributed by atoms with E-state index in [1.165, 1.54) is 16.9 Å². The van der Waals surface area contributed by atoms with E-state index < -0.39 is 0 Å². The van der Waals surface area contributed by atoms with E-state index in [1.54, 1.807) is 11.8 Å². The lowest BCUT2D eigenvalue weighted by Gasteiger charge is -2.22. The molecule has 4 rings (SSSR count). The number of amides is 1. The number of hydrogen-bond donors (Lipinski definition) is 1. The number of nitrogens with two attached hydrogens (primary N) is 1. The van der Waals surface area contributed by atoms with Gasteiger partial charge < -0.3 is 10.6 Å². The Labute approximate surface area is 190 Å². The van der Waals surface area contributed by atoms with Gasteiger partial charge in [-0.2, -0.15) is 0 Å². The van der Waals surface area contributed by atoms with Crippen molar-refractivity contribution in [2.75, 3.05) is 5.73 Å². The summed E-state index contributed by atoms with van der Waals surface area (Å²) in [6.07, 6.45) is 0. The molecule has 0 saturated heterocycles. The number of carbonyl (C=O) groups excluding carboxylic acids is 1. The zero-order valence-electron chi connectivity index (χ0n) is 17.0. The monoisotopic (exact) mass is 445 g/mol. The molecule has 4 aromatic rings. The standard InChI is InChI=1S/C25H23N3OS2/c26-23-22(31-25(27-23)30-18-21-14-8-3-9-15-21)24(29)28(16-19-10-4-1-5-11-19)17-20-12-6-2-7-13-20/h1-15H,16-18,26H2. The van der Waals surface area contributed by atoms with Crippen LogP contribution in [0.5, 0.6) is 0 Å². The van der Waals surface area contributed by atoms with Gasteiger partial charge in [-0.15, -0.1) is 11.3 Å². The lowest BCUT2D eigenvalue weighted by molar-refractivity contribution is 0.0736. The Morgan fingerprint density at radius 1 is 0.806 bits per heavy atom. The fourth-order valence-electron chi connectivity index (χ4n) is 3.20. The second-order valence-corrected chi connectivity index (χ2v) is 9.32. The summed E-state index contributed by atoms with van der Waals surface area (Å²) >= 11 is 2.97. The minimum Gasteiger partial charge on any atom is -0.382 e. The molecule has 0 aliphatic carbocycles. The van der Waals surface area contributed by atoms with Crippen LogP contribution < -0.4 is 5.73 Å².